The van der Waals surface area contributed by atoms with Crippen molar-refractivity contribution in [3.63, 3.8) is 0 Å². The third-order valence-corrected chi connectivity index (χ3v) is 7.61. The Morgan fingerprint density at radius 2 is 2.03 bits per heavy atom. The standard InChI is InChI=1S/C28H36FN3O7/c1-15(2)9-21(28(35)32-12-20(29)26-24(32)22(33)14-38-26)30-27(34)25-16(3)19-10-17(5-6-23(19)39-25)37-13-18-11-31(4)7-8-36-18/h5-6,10,15,18,20-21,24,26H,7-9,11-14H2,1-4H3,(H,30,34)/t18-,20?,21+,24?,26?/m1/s1. The summed E-state index contributed by atoms with van der Waals surface area (Å²) >= 11 is 0. The van der Waals surface area contributed by atoms with Gasteiger partial charge in [0, 0.05) is 24.0 Å². The largest absolute Gasteiger partial charge is 0.491 e. The van der Waals surface area contributed by atoms with Gasteiger partial charge in [0.25, 0.3) is 5.91 Å². The molecule has 2 aromatic rings. The number of nitrogens with zero attached hydrogens (tertiary/aromatic N) is 2. The van der Waals surface area contributed by atoms with Crippen molar-refractivity contribution in [3.8, 4) is 5.75 Å². The number of carbonyl (C=O) groups is 3. The Labute approximate surface area is 226 Å². The summed E-state index contributed by atoms with van der Waals surface area (Å²) in [5, 5.41) is 3.51. The number of alkyl halides is 1. The maximum atomic E-state index is 14.5. The van der Waals surface area contributed by atoms with Crippen LogP contribution in [-0.2, 0) is 19.1 Å². The Morgan fingerprint density at radius 3 is 2.77 bits per heavy atom. The van der Waals surface area contributed by atoms with Crippen molar-refractivity contribution in [2.45, 2.75) is 57.7 Å². The molecule has 39 heavy (non-hydrogen) atoms. The normalized spacial score (nSPS) is 26.3. The van der Waals surface area contributed by atoms with Gasteiger partial charge < -0.3 is 33.7 Å². The molecule has 3 fully saturated rings. The maximum Gasteiger partial charge on any atom is 0.287 e. The molecule has 212 valence electrons. The molecule has 3 aliphatic heterocycles. The predicted octanol–water partition coefficient (Wildman–Crippen LogP) is 2.11. The van der Waals surface area contributed by atoms with E-state index in [1.165, 1.54) is 4.90 Å². The number of aryl methyl sites for hydroxylation is 1. The van der Waals surface area contributed by atoms with Gasteiger partial charge in [-0.2, -0.15) is 0 Å². The van der Waals surface area contributed by atoms with Crippen LogP contribution >= 0.6 is 0 Å². The number of fused-ring (bicyclic) bond motifs is 2. The van der Waals surface area contributed by atoms with E-state index in [0.29, 0.717) is 36.5 Å². The van der Waals surface area contributed by atoms with Crippen LogP contribution in [0.4, 0.5) is 4.39 Å². The smallest absolute Gasteiger partial charge is 0.287 e. The van der Waals surface area contributed by atoms with Crippen LogP contribution in [0.25, 0.3) is 11.0 Å². The van der Waals surface area contributed by atoms with Crippen LogP contribution in [0.5, 0.6) is 5.75 Å². The fraction of sp³-hybridized carbons (Fsp3) is 0.607. The summed E-state index contributed by atoms with van der Waals surface area (Å²) in [5.74, 6) is -0.591. The molecule has 1 aromatic carbocycles. The van der Waals surface area contributed by atoms with Gasteiger partial charge in [-0.1, -0.05) is 13.8 Å². The fourth-order valence-corrected chi connectivity index (χ4v) is 5.60. The number of likely N-dealkylation sites (N-methyl/N-ethyl adjacent to an activating group) is 1. The Balaban J connectivity index is 1.30. The number of likely N-dealkylation sites (tertiary alicyclic amines) is 1. The van der Waals surface area contributed by atoms with Crippen molar-refractivity contribution in [2.24, 2.45) is 5.92 Å². The molecule has 3 saturated heterocycles. The Bertz CT molecular complexity index is 1250. The number of benzene rings is 1. The lowest BCUT2D eigenvalue weighted by Gasteiger charge is -2.29. The maximum absolute atomic E-state index is 14.5. The molecular formula is C28H36FN3O7. The number of hydrogen-bond donors (Lipinski definition) is 1. The zero-order valence-electron chi connectivity index (χ0n) is 22.8. The number of morpholine rings is 1. The monoisotopic (exact) mass is 545 g/mol. The molecule has 0 aliphatic carbocycles. The van der Waals surface area contributed by atoms with E-state index in [1.54, 1.807) is 19.1 Å². The van der Waals surface area contributed by atoms with Crippen LogP contribution in [0.2, 0.25) is 0 Å². The lowest BCUT2D eigenvalue weighted by Crippen LogP contribution is -2.52. The minimum atomic E-state index is -1.44. The van der Waals surface area contributed by atoms with E-state index >= 15 is 0 Å². The number of amides is 2. The van der Waals surface area contributed by atoms with Gasteiger partial charge in [0.2, 0.25) is 5.91 Å². The zero-order valence-corrected chi connectivity index (χ0v) is 22.8. The van der Waals surface area contributed by atoms with Crippen molar-refractivity contribution in [1.29, 1.82) is 0 Å². The van der Waals surface area contributed by atoms with Crippen LogP contribution in [0.3, 0.4) is 0 Å². The third kappa shape index (κ3) is 5.66. The number of Topliss-reactive ketones (excluding diaryl/α,β-unsaturated/α-hetero) is 1. The summed E-state index contributed by atoms with van der Waals surface area (Å²) in [6.45, 7) is 7.93. The van der Waals surface area contributed by atoms with Crippen molar-refractivity contribution in [2.75, 3.05) is 46.5 Å². The molecule has 3 aliphatic rings. The number of ether oxygens (including phenoxy) is 3. The Kier molecular flexibility index (Phi) is 7.93. The highest BCUT2D eigenvalue weighted by molar-refractivity contribution is 6.02. The lowest BCUT2D eigenvalue weighted by atomic mass is 10.0. The average molecular weight is 546 g/mol. The Hall–Kier alpha value is -3.02. The SMILES string of the molecule is Cc1c(C(=O)N[C@@H](CC(C)C)C(=O)N2CC(F)C3OCC(=O)C32)oc2ccc(OC[C@H]3CN(C)CCO3)cc12. The molecule has 1 aromatic heterocycles. The lowest BCUT2D eigenvalue weighted by molar-refractivity contribution is -0.138. The second-order valence-corrected chi connectivity index (χ2v) is 11.1. The Morgan fingerprint density at radius 1 is 1.23 bits per heavy atom. The number of rotatable bonds is 8. The highest BCUT2D eigenvalue weighted by atomic mass is 19.1. The molecular weight excluding hydrogens is 509 g/mol. The van der Waals surface area contributed by atoms with Crippen molar-refractivity contribution in [1.82, 2.24) is 15.1 Å². The number of hydrogen-bond acceptors (Lipinski definition) is 8. The molecule has 3 unspecified atom stereocenters. The average Bonchev–Trinajstić information content (AvgIpc) is 3.55. The van der Waals surface area contributed by atoms with Crippen LogP contribution in [-0.4, -0.2) is 104 Å². The van der Waals surface area contributed by atoms with Gasteiger partial charge in [0.1, 0.15) is 55.0 Å². The summed E-state index contributed by atoms with van der Waals surface area (Å²) in [4.78, 5) is 42.6. The molecule has 10 nitrogen and oxygen atoms in total. The molecule has 5 atom stereocenters. The van der Waals surface area contributed by atoms with E-state index < -0.39 is 36.2 Å². The van der Waals surface area contributed by atoms with Crippen LogP contribution in [0, 0.1) is 12.8 Å². The summed E-state index contributed by atoms with van der Waals surface area (Å²) in [7, 11) is 2.05. The number of ketones is 1. The molecule has 0 saturated carbocycles. The quantitative estimate of drug-likeness (QED) is 0.537. The molecule has 2 amide bonds. The number of halogens is 1. The van der Waals surface area contributed by atoms with Gasteiger partial charge in [0.15, 0.2) is 11.5 Å². The van der Waals surface area contributed by atoms with Crippen molar-refractivity contribution >= 4 is 28.6 Å². The van der Waals surface area contributed by atoms with E-state index in [4.69, 9.17) is 18.6 Å². The van der Waals surface area contributed by atoms with E-state index in [1.807, 2.05) is 27.0 Å². The van der Waals surface area contributed by atoms with Crippen LogP contribution in [0.15, 0.2) is 22.6 Å². The second-order valence-electron chi connectivity index (χ2n) is 11.1. The van der Waals surface area contributed by atoms with Gasteiger partial charge in [-0.15, -0.1) is 0 Å². The van der Waals surface area contributed by atoms with E-state index in [9.17, 15) is 18.8 Å². The zero-order chi connectivity index (χ0) is 27.8. The van der Waals surface area contributed by atoms with E-state index in [2.05, 4.69) is 10.2 Å². The number of carbonyl (C=O) groups excluding carboxylic acids is 3. The molecule has 5 rings (SSSR count). The summed E-state index contributed by atoms with van der Waals surface area (Å²) in [6, 6.07) is 3.45. The topological polar surface area (TPSA) is 111 Å². The molecule has 0 spiro atoms. The summed E-state index contributed by atoms with van der Waals surface area (Å²) < 4.78 is 37.4. The molecule has 11 heteroatoms. The van der Waals surface area contributed by atoms with Crippen molar-refractivity contribution < 1.29 is 37.4 Å². The predicted molar refractivity (Wildman–Crippen MR) is 140 cm³/mol. The first-order valence-corrected chi connectivity index (χ1v) is 13.5. The first-order valence-electron chi connectivity index (χ1n) is 13.5. The van der Waals surface area contributed by atoms with Gasteiger partial charge in [0.05, 0.1) is 13.2 Å². The van der Waals surface area contributed by atoms with Gasteiger partial charge in [-0.3, -0.25) is 14.4 Å². The van der Waals surface area contributed by atoms with Crippen molar-refractivity contribution in [3.05, 3.63) is 29.5 Å². The first-order chi connectivity index (χ1) is 18.6. The third-order valence-electron chi connectivity index (χ3n) is 7.61. The van der Waals surface area contributed by atoms with Crippen LogP contribution < -0.4 is 10.1 Å². The highest BCUT2D eigenvalue weighted by Crippen LogP contribution is 2.32. The number of furan rings is 1. The van der Waals surface area contributed by atoms with Gasteiger partial charge in [-0.25, -0.2) is 4.39 Å². The molecule has 0 bridgehead atoms. The van der Waals surface area contributed by atoms with Gasteiger partial charge >= 0.3 is 0 Å². The van der Waals surface area contributed by atoms with E-state index in [0.717, 1.165) is 18.5 Å². The first kappa shape index (κ1) is 27.5. The van der Waals surface area contributed by atoms with Gasteiger partial charge in [-0.05, 0) is 44.5 Å². The summed E-state index contributed by atoms with van der Waals surface area (Å²) in [5.41, 5.74) is 1.13. The summed E-state index contributed by atoms with van der Waals surface area (Å²) in [6.07, 6.45) is -2.09. The highest BCUT2D eigenvalue weighted by Gasteiger charge is 2.53. The number of nitrogens with one attached hydrogen (secondary N) is 1. The molecule has 0 radical (unpaired) electrons. The van der Waals surface area contributed by atoms with E-state index in [-0.39, 0.29) is 36.7 Å². The second kappa shape index (κ2) is 11.2. The molecule has 1 N–H and O–H groups in total. The minimum absolute atomic E-state index is 0.0219. The fourth-order valence-electron chi connectivity index (χ4n) is 5.60. The minimum Gasteiger partial charge on any atom is -0.491 e. The molecule has 4 heterocycles. The van der Waals surface area contributed by atoms with Crippen LogP contribution in [0.1, 0.15) is 36.4 Å².